The molecule has 31 heavy (non-hydrogen) atoms. The van der Waals surface area contributed by atoms with E-state index in [0.717, 1.165) is 28.8 Å². The fourth-order valence-corrected chi connectivity index (χ4v) is 3.94. The van der Waals surface area contributed by atoms with Crippen LogP contribution in [0.25, 0.3) is 5.70 Å². The van der Waals surface area contributed by atoms with Crippen LogP contribution in [0.4, 0.5) is 0 Å². The Balaban J connectivity index is 1.75. The van der Waals surface area contributed by atoms with Gasteiger partial charge >= 0.3 is 0 Å². The number of rotatable bonds is 6. The van der Waals surface area contributed by atoms with Crippen molar-refractivity contribution in [1.82, 2.24) is 10.6 Å². The number of hydrogen-bond donors (Lipinski definition) is 3. The molecule has 0 amide bonds. The molecule has 0 spiro atoms. The summed E-state index contributed by atoms with van der Waals surface area (Å²) in [7, 11) is 0. The zero-order valence-electron chi connectivity index (χ0n) is 17.7. The monoisotopic (exact) mass is 434 g/mol. The molecular formula is C26H27ClN2O2. The summed E-state index contributed by atoms with van der Waals surface area (Å²) in [6, 6.07) is 21.8. The second-order valence-corrected chi connectivity index (χ2v) is 7.97. The Bertz CT molecular complexity index is 1060. The van der Waals surface area contributed by atoms with Crippen molar-refractivity contribution in [3.05, 3.63) is 100 Å². The van der Waals surface area contributed by atoms with Crippen molar-refractivity contribution in [3.8, 4) is 11.5 Å². The molecule has 1 aliphatic heterocycles. The van der Waals surface area contributed by atoms with Crippen molar-refractivity contribution in [1.29, 1.82) is 0 Å². The van der Waals surface area contributed by atoms with Crippen LogP contribution < -0.4 is 15.4 Å². The summed E-state index contributed by atoms with van der Waals surface area (Å²) in [6.07, 6.45) is 2.96. The number of nitrogens with one attached hydrogen (secondary N) is 2. The second kappa shape index (κ2) is 9.46. The highest BCUT2D eigenvalue weighted by Crippen LogP contribution is 2.38. The van der Waals surface area contributed by atoms with Crippen LogP contribution in [0.3, 0.4) is 0 Å². The predicted octanol–water partition coefficient (Wildman–Crippen LogP) is 5.98. The molecule has 0 fully saturated rings. The van der Waals surface area contributed by atoms with Gasteiger partial charge in [-0.15, -0.1) is 0 Å². The van der Waals surface area contributed by atoms with Crippen LogP contribution in [-0.4, -0.2) is 11.7 Å². The van der Waals surface area contributed by atoms with Crippen molar-refractivity contribution < 1.29 is 9.84 Å². The zero-order valence-corrected chi connectivity index (χ0v) is 18.5. The highest BCUT2D eigenvalue weighted by molar-refractivity contribution is 6.30. The fraction of sp³-hybridized carbons (Fsp3) is 0.231. The Morgan fingerprint density at radius 3 is 2.39 bits per heavy atom. The summed E-state index contributed by atoms with van der Waals surface area (Å²) in [6.45, 7) is 4.55. The molecule has 5 heteroatoms. The van der Waals surface area contributed by atoms with Crippen LogP contribution in [-0.2, 0) is 6.42 Å². The van der Waals surface area contributed by atoms with Gasteiger partial charge in [-0.2, -0.15) is 0 Å². The molecule has 2 atom stereocenters. The van der Waals surface area contributed by atoms with Gasteiger partial charge in [0, 0.05) is 16.3 Å². The van der Waals surface area contributed by atoms with Gasteiger partial charge in [0.1, 0.15) is 6.17 Å². The highest BCUT2D eigenvalue weighted by Gasteiger charge is 2.26. The van der Waals surface area contributed by atoms with E-state index >= 15 is 0 Å². The van der Waals surface area contributed by atoms with E-state index in [2.05, 4.69) is 47.9 Å². The van der Waals surface area contributed by atoms with Gasteiger partial charge in [0.25, 0.3) is 0 Å². The Morgan fingerprint density at radius 1 is 0.968 bits per heavy atom. The van der Waals surface area contributed by atoms with E-state index in [1.807, 2.05) is 43.3 Å². The summed E-state index contributed by atoms with van der Waals surface area (Å²) in [5.74, 6) is 0.654. The van der Waals surface area contributed by atoms with Gasteiger partial charge in [0.15, 0.2) is 11.5 Å². The van der Waals surface area contributed by atoms with Crippen molar-refractivity contribution in [3.63, 3.8) is 0 Å². The number of aryl methyl sites for hydroxylation is 1. The normalized spacial score (nSPS) is 18.2. The van der Waals surface area contributed by atoms with E-state index in [1.165, 1.54) is 5.56 Å². The maximum atomic E-state index is 10.9. The Kier molecular flexibility index (Phi) is 6.50. The molecule has 1 aliphatic rings. The summed E-state index contributed by atoms with van der Waals surface area (Å²) in [4.78, 5) is 0. The number of halogens is 1. The summed E-state index contributed by atoms with van der Waals surface area (Å²) < 4.78 is 5.60. The third kappa shape index (κ3) is 4.71. The van der Waals surface area contributed by atoms with Gasteiger partial charge in [0.05, 0.1) is 12.6 Å². The van der Waals surface area contributed by atoms with E-state index in [-0.39, 0.29) is 18.0 Å². The molecule has 0 radical (unpaired) electrons. The fourth-order valence-electron chi connectivity index (χ4n) is 3.82. The summed E-state index contributed by atoms with van der Waals surface area (Å²) >= 11 is 6.10. The first kappa shape index (κ1) is 21.3. The quantitative estimate of drug-likeness (QED) is 0.446. The van der Waals surface area contributed by atoms with Gasteiger partial charge in [-0.05, 0) is 54.3 Å². The molecule has 0 saturated heterocycles. The molecule has 0 bridgehead atoms. The average molecular weight is 435 g/mol. The van der Waals surface area contributed by atoms with Crippen molar-refractivity contribution >= 4 is 17.3 Å². The molecule has 0 aromatic heterocycles. The van der Waals surface area contributed by atoms with Gasteiger partial charge in [-0.1, -0.05) is 67.1 Å². The summed E-state index contributed by atoms with van der Waals surface area (Å²) in [5, 5.41) is 18.7. The van der Waals surface area contributed by atoms with Crippen LogP contribution in [0, 0.1) is 0 Å². The molecule has 2 unspecified atom stereocenters. The number of benzene rings is 3. The second-order valence-electron chi connectivity index (χ2n) is 7.53. The number of phenols is 1. The zero-order chi connectivity index (χ0) is 21.8. The number of phenolic OH excluding ortho intramolecular Hbond substituents is 1. The van der Waals surface area contributed by atoms with E-state index in [1.54, 1.807) is 6.07 Å². The molecular weight excluding hydrogens is 408 g/mol. The minimum absolute atomic E-state index is 0.150. The maximum Gasteiger partial charge on any atom is 0.162 e. The van der Waals surface area contributed by atoms with Crippen LogP contribution >= 0.6 is 11.6 Å². The first-order chi connectivity index (χ1) is 15.1. The van der Waals surface area contributed by atoms with Crippen molar-refractivity contribution in [2.24, 2.45) is 0 Å². The van der Waals surface area contributed by atoms with Crippen LogP contribution in [0.2, 0.25) is 5.02 Å². The van der Waals surface area contributed by atoms with Crippen LogP contribution in [0.5, 0.6) is 11.5 Å². The molecule has 0 saturated carbocycles. The first-order valence-corrected chi connectivity index (χ1v) is 11.0. The molecule has 0 aliphatic carbocycles. The third-order valence-corrected chi connectivity index (χ3v) is 5.77. The smallest absolute Gasteiger partial charge is 0.162 e. The first-order valence-electron chi connectivity index (χ1n) is 10.6. The van der Waals surface area contributed by atoms with E-state index in [4.69, 9.17) is 16.3 Å². The molecule has 4 nitrogen and oxygen atoms in total. The van der Waals surface area contributed by atoms with E-state index < -0.39 is 0 Å². The Morgan fingerprint density at radius 2 is 1.71 bits per heavy atom. The van der Waals surface area contributed by atoms with Crippen LogP contribution in [0.1, 0.15) is 48.3 Å². The summed E-state index contributed by atoms with van der Waals surface area (Å²) in [5.41, 5.74) is 5.24. The van der Waals surface area contributed by atoms with Gasteiger partial charge in [-0.25, -0.2) is 0 Å². The minimum atomic E-state index is -0.205. The lowest BCUT2D eigenvalue weighted by atomic mass is 9.97. The molecule has 1 heterocycles. The molecule has 160 valence electrons. The number of hydrogen-bond acceptors (Lipinski definition) is 4. The van der Waals surface area contributed by atoms with E-state index in [0.29, 0.717) is 17.4 Å². The van der Waals surface area contributed by atoms with Gasteiger partial charge in [-0.3, -0.25) is 5.32 Å². The molecule has 3 aromatic carbocycles. The Hall–Kier alpha value is -2.95. The molecule has 4 rings (SSSR count). The minimum Gasteiger partial charge on any atom is -0.504 e. The van der Waals surface area contributed by atoms with Crippen LogP contribution in [0.15, 0.2) is 72.8 Å². The maximum absolute atomic E-state index is 10.9. The average Bonchev–Trinajstić information content (AvgIpc) is 2.81. The van der Waals surface area contributed by atoms with Crippen molar-refractivity contribution in [2.75, 3.05) is 6.61 Å². The van der Waals surface area contributed by atoms with Gasteiger partial charge in [0.2, 0.25) is 0 Å². The third-order valence-electron chi connectivity index (χ3n) is 5.52. The number of para-hydroxylation sites is 1. The largest absolute Gasteiger partial charge is 0.504 e. The van der Waals surface area contributed by atoms with Crippen molar-refractivity contribution in [2.45, 2.75) is 32.5 Å². The van der Waals surface area contributed by atoms with E-state index in [9.17, 15) is 5.11 Å². The lowest BCUT2D eigenvalue weighted by Crippen LogP contribution is -2.39. The predicted molar refractivity (Wildman–Crippen MR) is 126 cm³/mol. The lowest BCUT2D eigenvalue weighted by molar-refractivity contribution is 0.314. The van der Waals surface area contributed by atoms with Gasteiger partial charge < -0.3 is 15.2 Å². The topological polar surface area (TPSA) is 53.5 Å². The standard InChI is InChI=1S/C26H27ClN2O2/c1-3-17-8-10-18(11-9-17)22-16-23(21-6-5-7-24(25(21)30)31-4-2)29-26(28-22)19-12-14-20(27)15-13-19/h5-16,23,26,28-30H,3-4H2,1-2H3. The number of aromatic hydroxyl groups is 1. The lowest BCUT2D eigenvalue weighted by Gasteiger charge is -2.33. The Labute approximate surface area is 188 Å². The highest BCUT2D eigenvalue weighted by atomic mass is 35.5. The SMILES string of the molecule is CCOc1cccc(C2C=C(c3ccc(CC)cc3)NC(c3ccc(Cl)cc3)N2)c1O. The number of ether oxygens (including phenoxy) is 1. The molecule has 3 aromatic rings. The molecule has 3 N–H and O–H groups in total.